The van der Waals surface area contributed by atoms with Crippen molar-refractivity contribution in [3.05, 3.63) is 89.3 Å². The molecule has 6 rings (SSSR count). The van der Waals surface area contributed by atoms with Gasteiger partial charge in [-0.3, -0.25) is 9.78 Å². The molecule has 1 aromatic heterocycles. The quantitative estimate of drug-likeness (QED) is 0.481. The van der Waals surface area contributed by atoms with Crippen LogP contribution in [-0.2, 0) is 5.54 Å². The van der Waals surface area contributed by atoms with E-state index in [0.717, 1.165) is 48.7 Å². The fraction of sp³-hybridized carbons (Fsp3) is 0.333. The van der Waals surface area contributed by atoms with E-state index in [0.29, 0.717) is 11.3 Å². The Morgan fingerprint density at radius 2 is 1.94 bits per heavy atom. The van der Waals surface area contributed by atoms with E-state index in [1.807, 2.05) is 43.6 Å². The first kappa shape index (κ1) is 23.2. The van der Waals surface area contributed by atoms with Gasteiger partial charge < -0.3 is 15.4 Å². The molecule has 2 heterocycles. The summed E-state index contributed by atoms with van der Waals surface area (Å²) < 4.78 is 5.34. The Morgan fingerprint density at radius 3 is 2.60 bits per heavy atom. The van der Waals surface area contributed by atoms with Crippen LogP contribution in [0.4, 0.5) is 0 Å². The van der Waals surface area contributed by atoms with E-state index in [4.69, 9.17) is 4.74 Å². The summed E-state index contributed by atoms with van der Waals surface area (Å²) in [7, 11) is 1.62. The van der Waals surface area contributed by atoms with Crippen molar-refractivity contribution in [1.82, 2.24) is 15.6 Å². The summed E-state index contributed by atoms with van der Waals surface area (Å²) in [6.07, 6.45) is 14.9. The molecule has 1 fully saturated rings. The molecule has 2 N–H and O–H groups in total. The Balaban J connectivity index is 0.000000577. The molecule has 1 aliphatic heterocycles. The van der Waals surface area contributed by atoms with Crippen LogP contribution < -0.4 is 15.4 Å². The van der Waals surface area contributed by atoms with Crippen LogP contribution in [-0.4, -0.2) is 24.5 Å². The first-order valence-electron chi connectivity index (χ1n) is 12.5. The number of aryl methyl sites for hydroxylation is 1. The highest BCUT2D eigenvalue weighted by atomic mass is 16.5. The molecule has 180 valence electrons. The predicted molar refractivity (Wildman–Crippen MR) is 141 cm³/mol. The smallest absolute Gasteiger partial charge is 0.252 e. The summed E-state index contributed by atoms with van der Waals surface area (Å²) in [5.41, 5.74) is 6.12. The normalized spacial score (nSPS) is 17.3. The second-order valence-electron chi connectivity index (χ2n) is 9.60. The zero-order chi connectivity index (χ0) is 24.3. The van der Waals surface area contributed by atoms with Crippen molar-refractivity contribution in [1.29, 1.82) is 0 Å². The molecular weight excluding hydrogens is 434 g/mol. The molecule has 0 bridgehead atoms. The summed E-state index contributed by atoms with van der Waals surface area (Å²) in [5, 5.41) is 7.43. The van der Waals surface area contributed by atoms with Crippen LogP contribution in [0.15, 0.2) is 67.0 Å². The number of nitrogens with zero attached hydrogens (tertiary/aromatic N) is 1. The van der Waals surface area contributed by atoms with Gasteiger partial charge in [-0.15, -0.1) is 0 Å². The maximum atomic E-state index is 13.3. The molecule has 1 amide bonds. The molecule has 3 aliphatic rings. The highest BCUT2D eigenvalue weighted by molar-refractivity contribution is 5.97. The second kappa shape index (κ2) is 9.95. The Hall–Kier alpha value is -3.60. The largest absolute Gasteiger partial charge is 0.497 e. The van der Waals surface area contributed by atoms with Crippen molar-refractivity contribution in [3.8, 4) is 5.75 Å². The predicted octanol–water partition coefficient (Wildman–Crippen LogP) is 6.03. The minimum Gasteiger partial charge on any atom is -0.497 e. The Labute approximate surface area is 207 Å². The topological polar surface area (TPSA) is 63.2 Å². The Bertz CT molecular complexity index is 1300. The fourth-order valence-electron chi connectivity index (χ4n) is 4.83. The molecular formula is C30H33N3O2. The van der Waals surface area contributed by atoms with Gasteiger partial charge in [0.15, 0.2) is 0 Å². The van der Waals surface area contributed by atoms with Crippen LogP contribution >= 0.6 is 0 Å². The number of hydrogen-bond donors (Lipinski definition) is 2. The summed E-state index contributed by atoms with van der Waals surface area (Å²) in [6.45, 7) is 3.03. The zero-order valence-corrected chi connectivity index (χ0v) is 20.6. The fourth-order valence-corrected chi connectivity index (χ4v) is 4.83. The van der Waals surface area contributed by atoms with E-state index < -0.39 is 0 Å². The number of rotatable bonds is 5. The molecule has 1 saturated carbocycles. The highest BCUT2D eigenvalue weighted by Gasteiger charge is 2.47. The number of aromatic nitrogens is 1. The minimum absolute atomic E-state index is 0.0479. The van der Waals surface area contributed by atoms with Crippen LogP contribution in [0.2, 0.25) is 0 Å². The third kappa shape index (κ3) is 4.95. The van der Waals surface area contributed by atoms with Crippen LogP contribution in [0.3, 0.4) is 0 Å². The lowest BCUT2D eigenvalue weighted by Gasteiger charge is -2.23. The molecule has 35 heavy (non-hydrogen) atoms. The molecule has 0 spiro atoms. The number of carbonyl (C=O) groups excluding carboxylic acids is 1. The van der Waals surface area contributed by atoms with Gasteiger partial charge in [0.05, 0.1) is 18.2 Å². The summed E-state index contributed by atoms with van der Waals surface area (Å²) in [6, 6.07) is 14.3. The van der Waals surface area contributed by atoms with E-state index in [2.05, 4.69) is 46.0 Å². The Morgan fingerprint density at radius 1 is 1.14 bits per heavy atom. The van der Waals surface area contributed by atoms with E-state index in [1.54, 1.807) is 7.11 Å². The molecule has 0 saturated heterocycles. The third-order valence-electron chi connectivity index (χ3n) is 7.16. The van der Waals surface area contributed by atoms with E-state index in [1.165, 1.54) is 29.5 Å². The lowest BCUT2D eigenvalue weighted by atomic mass is 9.89. The number of ether oxygens (including phenoxy) is 1. The van der Waals surface area contributed by atoms with Crippen LogP contribution in [0.25, 0.3) is 16.5 Å². The third-order valence-corrected chi connectivity index (χ3v) is 7.16. The SMILES string of the molecule is C1=CNC1.COc1ccc(C)c(C(=O)NC2(c3cc(C4=CCCCC4)cc4ncccc34)CC2)c1. The lowest BCUT2D eigenvalue weighted by molar-refractivity contribution is 0.0930. The molecule has 0 atom stereocenters. The van der Waals surface area contributed by atoms with Gasteiger partial charge in [0.2, 0.25) is 0 Å². The maximum absolute atomic E-state index is 13.3. The van der Waals surface area contributed by atoms with Gasteiger partial charge in [0.1, 0.15) is 5.75 Å². The lowest BCUT2D eigenvalue weighted by Crippen LogP contribution is -2.35. The van der Waals surface area contributed by atoms with Crippen molar-refractivity contribution in [3.63, 3.8) is 0 Å². The van der Waals surface area contributed by atoms with Gasteiger partial charge in [-0.1, -0.05) is 18.2 Å². The monoisotopic (exact) mass is 467 g/mol. The van der Waals surface area contributed by atoms with Crippen molar-refractivity contribution in [2.24, 2.45) is 0 Å². The van der Waals surface area contributed by atoms with Crippen LogP contribution in [0, 0.1) is 6.92 Å². The molecule has 2 aromatic carbocycles. The van der Waals surface area contributed by atoms with Crippen molar-refractivity contribution in [2.75, 3.05) is 13.7 Å². The molecule has 0 unspecified atom stereocenters. The minimum atomic E-state index is -0.334. The number of methoxy groups -OCH3 is 1. The number of fused-ring (bicyclic) bond motifs is 1. The van der Waals surface area contributed by atoms with E-state index in [-0.39, 0.29) is 11.4 Å². The van der Waals surface area contributed by atoms with Crippen molar-refractivity contribution in [2.45, 2.75) is 51.0 Å². The first-order chi connectivity index (χ1) is 17.1. The number of amides is 1. The Kier molecular flexibility index (Phi) is 6.58. The van der Waals surface area contributed by atoms with Gasteiger partial charge in [-0.2, -0.15) is 0 Å². The number of hydrogen-bond acceptors (Lipinski definition) is 4. The first-order valence-corrected chi connectivity index (χ1v) is 12.5. The van der Waals surface area contributed by atoms with Crippen molar-refractivity contribution < 1.29 is 9.53 Å². The zero-order valence-electron chi connectivity index (χ0n) is 20.6. The van der Waals surface area contributed by atoms with Crippen molar-refractivity contribution >= 4 is 22.4 Å². The summed E-state index contributed by atoms with van der Waals surface area (Å²) >= 11 is 0. The van der Waals surface area contributed by atoms with Gasteiger partial charge in [-0.05, 0) is 110 Å². The maximum Gasteiger partial charge on any atom is 0.252 e. The molecule has 5 nitrogen and oxygen atoms in total. The van der Waals surface area contributed by atoms with E-state index >= 15 is 0 Å². The molecule has 0 radical (unpaired) electrons. The van der Waals surface area contributed by atoms with E-state index in [9.17, 15) is 4.79 Å². The van der Waals surface area contributed by atoms with Gasteiger partial charge in [-0.25, -0.2) is 0 Å². The summed E-state index contributed by atoms with van der Waals surface area (Å²) in [4.78, 5) is 17.9. The van der Waals surface area contributed by atoms with Gasteiger partial charge in [0, 0.05) is 23.7 Å². The standard InChI is InChI=1S/C27H28N2O2.C3H5N/c1-18-10-11-21(31-2)17-23(18)26(30)29-27(12-13-27)24-15-20(19-7-4-3-5-8-19)16-25-22(24)9-6-14-28-25;1-2-4-3-1/h6-7,9-11,14-17H,3-5,8,12-13H2,1-2H3,(H,29,30);1-2,4H,3H2. The average Bonchev–Trinajstić information content (AvgIpc) is 3.63. The number of pyridine rings is 1. The molecule has 2 aliphatic carbocycles. The molecule has 3 aromatic rings. The second-order valence-corrected chi connectivity index (χ2v) is 9.60. The van der Waals surface area contributed by atoms with Gasteiger partial charge >= 0.3 is 0 Å². The molecule has 5 heteroatoms. The van der Waals surface area contributed by atoms with Gasteiger partial charge in [0.25, 0.3) is 5.91 Å². The number of nitrogens with one attached hydrogen (secondary N) is 2. The highest BCUT2D eigenvalue weighted by Crippen LogP contribution is 2.49. The number of allylic oxidation sites excluding steroid dienone is 2. The van der Waals surface area contributed by atoms with Crippen LogP contribution in [0.1, 0.15) is 65.6 Å². The number of carbonyl (C=O) groups is 1. The number of benzene rings is 2. The van der Waals surface area contributed by atoms with Crippen LogP contribution in [0.5, 0.6) is 5.75 Å². The average molecular weight is 468 g/mol. The summed E-state index contributed by atoms with van der Waals surface area (Å²) in [5.74, 6) is 0.648.